The molecule has 0 N–H and O–H groups in total. The van der Waals surface area contributed by atoms with E-state index in [0.29, 0.717) is 11.0 Å². The first-order valence-electron chi connectivity index (χ1n) is 5.06. The summed E-state index contributed by atoms with van der Waals surface area (Å²) in [4.78, 5) is 2.51. The van der Waals surface area contributed by atoms with Crippen molar-refractivity contribution in [1.29, 1.82) is 0 Å². The van der Waals surface area contributed by atoms with Gasteiger partial charge in [0.25, 0.3) is 0 Å². The molecule has 76 valence electrons. The van der Waals surface area contributed by atoms with Crippen molar-refractivity contribution in [3.63, 3.8) is 0 Å². The predicted octanol–water partition coefficient (Wildman–Crippen LogP) is 2.14. The molecule has 0 bridgehead atoms. The van der Waals surface area contributed by atoms with Gasteiger partial charge in [0.05, 0.1) is 0 Å². The molecule has 1 saturated carbocycles. The van der Waals surface area contributed by atoms with Gasteiger partial charge in [0.1, 0.15) is 0 Å². The summed E-state index contributed by atoms with van der Waals surface area (Å²) in [5.74, 6) is 0. The van der Waals surface area contributed by atoms with Crippen LogP contribution in [0.1, 0.15) is 26.7 Å². The maximum absolute atomic E-state index is 2.56. The van der Waals surface area contributed by atoms with Crippen LogP contribution in [0.4, 0.5) is 0 Å². The number of hydrogen-bond acceptors (Lipinski definition) is 2. The van der Waals surface area contributed by atoms with E-state index in [1.807, 2.05) is 0 Å². The lowest BCUT2D eigenvalue weighted by Gasteiger charge is -2.28. The molecule has 2 rings (SSSR count). The first kappa shape index (κ1) is 10.2. The van der Waals surface area contributed by atoms with Crippen LogP contribution in [0.25, 0.3) is 0 Å². The topological polar surface area (TPSA) is 6.48 Å². The first-order chi connectivity index (χ1) is 5.94. The molecule has 2 fully saturated rings. The van der Waals surface area contributed by atoms with Gasteiger partial charge in [-0.1, -0.05) is 13.8 Å². The summed E-state index contributed by atoms with van der Waals surface area (Å²) < 4.78 is 2.56. The fraction of sp³-hybridized carbons (Fsp3) is 1.00. The molecular weight excluding hydrogens is 275 g/mol. The van der Waals surface area contributed by atoms with Gasteiger partial charge in [0, 0.05) is 48.0 Å². The predicted molar refractivity (Wildman–Crippen MR) is 64.0 cm³/mol. The molecule has 0 amide bonds. The highest BCUT2D eigenvalue weighted by molar-refractivity contribution is 14.1. The summed E-state index contributed by atoms with van der Waals surface area (Å²) in [7, 11) is 2.26. The van der Waals surface area contributed by atoms with E-state index in [0.717, 1.165) is 0 Å². The van der Waals surface area contributed by atoms with Gasteiger partial charge in [-0.3, -0.25) is 0 Å². The summed E-state index contributed by atoms with van der Waals surface area (Å²) in [6, 6.07) is 0. The Hall–Kier alpha value is 0.650. The van der Waals surface area contributed by atoms with E-state index in [4.69, 9.17) is 0 Å². The summed E-state index contributed by atoms with van der Waals surface area (Å²) in [6.07, 6.45) is 2.80. The molecule has 2 nitrogen and oxygen atoms in total. The molecule has 0 aromatic carbocycles. The minimum atomic E-state index is 0.446. The molecular formula is C10H19IN2. The molecule has 0 aromatic heterocycles. The normalized spacial score (nSPS) is 33.2. The monoisotopic (exact) mass is 294 g/mol. The Balaban J connectivity index is 2.14. The minimum Gasteiger partial charge on any atom is -0.304 e. The Morgan fingerprint density at radius 3 is 2.23 bits per heavy atom. The van der Waals surface area contributed by atoms with Crippen LogP contribution in [-0.2, 0) is 0 Å². The summed E-state index contributed by atoms with van der Waals surface area (Å²) >= 11 is 2.53. The molecule has 0 atom stereocenters. The molecule has 1 heterocycles. The molecule has 2 aliphatic rings. The quantitative estimate of drug-likeness (QED) is 0.499. The van der Waals surface area contributed by atoms with Gasteiger partial charge in [-0.2, -0.15) is 0 Å². The van der Waals surface area contributed by atoms with E-state index in [2.05, 4.69) is 51.8 Å². The molecule has 1 saturated heterocycles. The third-order valence-electron chi connectivity index (χ3n) is 3.17. The summed E-state index contributed by atoms with van der Waals surface area (Å²) in [6.45, 7) is 8.47. The van der Waals surface area contributed by atoms with Gasteiger partial charge in [-0.05, 0) is 25.3 Å². The van der Waals surface area contributed by atoms with Crippen molar-refractivity contribution in [3.8, 4) is 0 Å². The van der Waals surface area contributed by atoms with Gasteiger partial charge in [0.15, 0.2) is 0 Å². The van der Waals surface area contributed by atoms with E-state index in [1.165, 1.54) is 32.5 Å². The Kier molecular flexibility index (Phi) is 2.40. The second kappa shape index (κ2) is 3.07. The smallest absolute Gasteiger partial charge is 0.0433 e. The maximum Gasteiger partial charge on any atom is 0.0433 e. The first-order valence-corrected chi connectivity index (χ1v) is 6.02. The number of hydrogen-bond donors (Lipinski definition) is 0. The second-order valence-corrected chi connectivity index (χ2v) is 6.75. The molecule has 0 aromatic rings. The number of halogens is 1. The fourth-order valence-electron chi connectivity index (χ4n) is 2.50. The molecule has 1 aliphatic carbocycles. The van der Waals surface area contributed by atoms with Gasteiger partial charge >= 0.3 is 0 Å². The Bertz CT molecular complexity index is 211. The van der Waals surface area contributed by atoms with Crippen molar-refractivity contribution in [3.05, 3.63) is 0 Å². The number of nitrogens with zero attached hydrogens (tertiary/aromatic N) is 2. The Morgan fingerprint density at radius 1 is 1.08 bits per heavy atom. The Morgan fingerprint density at radius 2 is 1.69 bits per heavy atom. The van der Waals surface area contributed by atoms with Crippen molar-refractivity contribution in [2.24, 2.45) is 5.41 Å². The van der Waals surface area contributed by atoms with Crippen molar-refractivity contribution in [2.45, 2.75) is 32.2 Å². The van der Waals surface area contributed by atoms with Crippen LogP contribution in [0.2, 0.25) is 0 Å². The van der Waals surface area contributed by atoms with Crippen molar-refractivity contribution >= 4 is 22.9 Å². The second-order valence-electron chi connectivity index (χ2n) is 5.58. The molecule has 13 heavy (non-hydrogen) atoms. The zero-order valence-electron chi connectivity index (χ0n) is 8.81. The highest BCUT2D eigenvalue weighted by atomic mass is 127. The molecule has 1 aliphatic heterocycles. The van der Waals surface area contributed by atoms with Gasteiger partial charge in [0.2, 0.25) is 0 Å². The zero-order valence-corrected chi connectivity index (χ0v) is 11.0. The molecule has 3 heteroatoms. The largest absolute Gasteiger partial charge is 0.304 e. The molecule has 0 radical (unpaired) electrons. The maximum atomic E-state index is 2.56. The van der Waals surface area contributed by atoms with Crippen LogP contribution in [0.3, 0.4) is 0 Å². The number of rotatable bonds is 0. The zero-order chi connectivity index (χ0) is 9.69. The van der Waals surface area contributed by atoms with Crippen LogP contribution in [0.15, 0.2) is 0 Å². The van der Waals surface area contributed by atoms with Crippen molar-refractivity contribution in [2.75, 3.05) is 26.7 Å². The SMILES string of the molecule is CN1CC(C)(C)CN(I)C2(CC2)C1. The lowest BCUT2D eigenvalue weighted by molar-refractivity contribution is 0.235. The number of likely N-dealkylation sites (N-methyl/N-ethyl adjacent to an activating group) is 1. The lowest BCUT2D eigenvalue weighted by Crippen LogP contribution is -2.36. The van der Waals surface area contributed by atoms with Crippen molar-refractivity contribution < 1.29 is 0 Å². The average molecular weight is 294 g/mol. The van der Waals surface area contributed by atoms with Crippen molar-refractivity contribution in [1.82, 2.24) is 8.01 Å². The van der Waals surface area contributed by atoms with E-state index >= 15 is 0 Å². The average Bonchev–Trinajstić information content (AvgIpc) is 2.64. The highest BCUT2D eigenvalue weighted by Gasteiger charge is 2.51. The van der Waals surface area contributed by atoms with Crippen LogP contribution < -0.4 is 0 Å². The van der Waals surface area contributed by atoms with Gasteiger partial charge < -0.3 is 4.90 Å². The van der Waals surface area contributed by atoms with Gasteiger partial charge in [-0.25, -0.2) is 3.11 Å². The third kappa shape index (κ3) is 2.02. The summed E-state index contributed by atoms with van der Waals surface area (Å²) in [5, 5.41) is 0. The molecule has 0 unspecified atom stereocenters. The third-order valence-corrected chi connectivity index (χ3v) is 4.54. The van der Waals surface area contributed by atoms with Crippen LogP contribution in [-0.4, -0.2) is 40.2 Å². The van der Waals surface area contributed by atoms with E-state index in [-0.39, 0.29) is 0 Å². The van der Waals surface area contributed by atoms with E-state index in [1.54, 1.807) is 0 Å². The standard InChI is InChI=1S/C10H19IN2/c1-9(2)6-12(3)8-10(4-5-10)13(11)7-9/h4-8H2,1-3H3. The molecule has 1 spiro atoms. The van der Waals surface area contributed by atoms with Crippen LogP contribution in [0.5, 0.6) is 0 Å². The highest BCUT2D eigenvalue weighted by Crippen LogP contribution is 2.47. The van der Waals surface area contributed by atoms with E-state index < -0.39 is 0 Å². The van der Waals surface area contributed by atoms with Crippen LogP contribution >= 0.6 is 22.9 Å². The lowest BCUT2D eigenvalue weighted by atomic mass is 9.93. The van der Waals surface area contributed by atoms with Gasteiger partial charge in [-0.15, -0.1) is 0 Å². The fourth-order valence-corrected chi connectivity index (χ4v) is 4.06. The van der Waals surface area contributed by atoms with E-state index in [9.17, 15) is 0 Å². The van der Waals surface area contributed by atoms with Crippen LogP contribution in [0, 0.1) is 5.41 Å². The minimum absolute atomic E-state index is 0.446. The Labute approximate surface area is 95.2 Å². The summed E-state index contributed by atoms with van der Waals surface area (Å²) in [5.41, 5.74) is 0.991.